The summed E-state index contributed by atoms with van der Waals surface area (Å²) in [6, 6.07) is 30.8. The molecule has 3 aromatic carbocycles. The van der Waals surface area contributed by atoms with Crippen molar-refractivity contribution in [1.29, 1.82) is 0 Å². The predicted molar refractivity (Wildman–Crippen MR) is 118 cm³/mol. The highest BCUT2D eigenvalue weighted by atomic mass is 31.2. The minimum atomic E-state index is -2.66. The third-order valence-corrected chi connectivity index (χ3v) is 13.8. The lowest BCUT2D eigenvalue weighted by molar-refractivity contribution is 0.586. The van der Waals surface area contributed by atoms with Crippen molar-refractivity contribution < 1.29 is 4.57 Å². The van der Waals surface area contributed by atoms with Crippen LogP contribution in [0.2, 0.25) is 18.6 Å². The van der Waals surface area contributed by atoms with Gasteiger partial charge in [0.05, 0.1) is 8.07 Å². The van der Waals surface area contributed by atoms with Crippen molar-refractivity contribution in [2.45, 2.75) is 25.6 Å². The van der Waals surface area contributed by atoms with E-state index in [9.17, 15) is 4.57 Å². The van der Waals surface area contributed by atoms with Crippen LogP contribution in [0, 0.1) is 0 Å². The fourth-order valence-electron chi connectivity index (χ4n) is 3.46. The topological polar surface area (TPSA) is 17.1 Å². The Morgan fingerprint density at radius 2 is 1.12 bits per heavy atom. The van der Waals surface area contributed by atoms with Crippen LogP contribution in [-0.4, -0.2) is 14.2 Å². The van der Waals surface area contributed by atoms with E-state index in [2.05, 4.69) is 50.3 Å². The fourth-order valence-corrected chi connectivity index (χ4v) is 10.5. The Labute approximate surface area is 158 Å². The second kappa shape index (κ2) is 7.78. The van der Waals surface area contributed by atoms with Crippen molar-refractivity contribution in [2.75, 3.05) is 6.16 Å². The van der Waals surface area contributed by atoms with Crippen LogP contribution in [0.3, 0.4) is 0 Å². The minimum Gasteiger partial charge on any atom is -0.314 e. The second-order valence-corrected chi connectivity index (χ2v) is 15.5. The molecule has 0 aliphatic carbocycles. The monoisotopic (exact) mass is 378 g/mol. The van der Waals surface area contributed by atoms with Crippen molar-refractivity contribution in [3.05, 3.63) is 91.0 Å². The quantitative estimate of drug-likeness (QED) is 0.435. The third kappa shape index (κ3) is 3.77. The van der Waals surface area contributed by atoms with Gasteiger partial charge in [-0.15, -0.1) is 0 Å². The summed E-state index contributed by atoms with van der Waals surface area (Å²) in [6.07, 6.45) is 0.717. The van der Waals surface area contributed by atoms with Crippen LogP contribution in [0.4, 0.5) is 0 Å². The highest BCUT2D eigenvalue weighted by Gasteiger charge is 2.37. The van der Waals surface area contributed by atoms with Crippen molar-refractivity contribution in [3.8, 4) is 0 Å². The Hall–Kier alpha value is -1.89. The molecule has 0 N–H and O–H groups in total. The number of hydrogen-bond acceptors (Lipinski definition) is 1. The van der Waals surface area contributed by atoms with E-state index in [0.29, 0.717) is 5.54 Å². The molecule has 0 radical (unpaired) electrons. The van der Waals surface area contributed by atoms with Crippen molar-refractivity contribution in [2.24, 2.45) is 0 Å². The molecule has 0 aromatic heterocycles. The lowest BCUT2D eigenvalue weighted by Gasteiger charge is -2.33. The molecule has 26 heavy (non-hydrogen) atoms. The van der Waals surface area contributed by atoms with Gasteiger partial charge in [-0.1, -0.05) is 116 Å². The van der Waals surface area contributed by atoms with Gasteiger partial charge < -0.3 is 4.57 Å². The summed E-state index contributed by atoms with van der Waals surface area (Å²) in [5.74, 6) is 0. The van der Waals surface area contributed by atoms with E-state index in [1.807, 2.05) is 60.7 Å². The standard InChI is InChI=1S/C23H27OPSi/c1-20(26(2,3)23-17-11-6-12-18-23)19-25(24,21-13-7-4-8-14-21)22-15-9-5-10-16-22/h4-18,20H,19H2,1-3H3. The first-order valence-corrected chi connectivity index (χ1v) is 14.2. The summed E-state index contributed by atoms with van der Waals surface area (Å²) >= 11 is 0. The van der Waals surface area contributed by atoms with Gasteiger partial charge in [0.15, 0.2) is 0 Å². The van der Waals surface area contributed by atoms with Gasteiger partial charge in [-0.3, -0.25) is 0 Å². The Bertz CT molecular complexity index is 832. The van der Waals surface area contributed by atoms with E-state index in [0.717, 1.165) is 16.8 Å². The third-order valence-electron chi connectivity index (χ3n) is 5.63. The first-order chi connectivity index (χ1) is 12.4. The fraction of sp³-hybridized carbons (Fsp3) is 0.217. The van der Waals surface area contributed by atoms with Crippen molar-refractivity contribution in [3.63, 3.8) is 0 Å². The molecule has 0 amide bonds. The molecule has 0 heterocycles. The summed E-state index contributed by atoms with van der Waals surface area (Å²) in [7, 11) is -4.39. The normalized spacial score (nSPS) is 13.3. The van der Waals surface area contributed by atoms with Crippen LogP contribution in [0.5, 0.6) is 0 Å². The van der Waals surface area contributed by atoms with E-state index in [1.165, 1.54) is 5.19 Å². The van der Waals surface area contributed by atoms with Crippen LogP contribution in [0.1, 0.15) is 6.92 Å². The molecule has 3 aromatic rings. The van der Waals surface area contributed by atoms with Crippen LogP contribution >= 0.6 is 7.14 Å². The molecule has 134 valence electrons. The van der Waals surface area contributed by atoms with Gasteiger partial charge in [0.1, 0.15) is 7.14 Å². The summed E-state index contributed by atoms with van der Waals surface area (Å²) in [4.78, 5) is 0. The van der Waals surface area contributed by atoms with Crippen LogP contribution in [0.25, 0.3) is 0 Å². The highest BCUT2D eigenvalue weighted by molar-refractivity contribution is 7.78. The maximum absolute atomic E-state index is 14.3. The average Bonchev–Trinajstić information content (AvgIpc) is 2.70. The lowest BCUT2D eigenvalue weighted by atomic mass is 10.4. The molecule has 3 heteroatoms. The Morgan fingerprint density at radius 3 is 1.54 bits per heavy atom. The molecule has 0 spiro atoms. The zero-order chi connectivity index (χ0) is 18.6. The van der Waals surface area contributed by atoms with E-state index >= 15 is 0 Å². The molecule has 1 nitrogen and oxygen atoms in total. The molecular weight excluding hydrogens is 351 g/mol. The number of hydrogen-bond donors (Lipinski definition) is 0. The van der Waals surface area contributed by atoms with E-state index < -0.39 is 15.2 Å². The smallest absolute Gasteiger partial charge is 0.143 e. The van der Waals surface area contributed by atoms with E-state index in [1.54, 1.807) is 0 Å². The molecule has 0 aliphatic rings. The average molecular weight is 379 g/mol. The van der Waals surface area contributed by atoms with E-state index in [4.69, 9.17) is 0 Å². The first kappa shape index (κ1) is 18.9. The Kier molecular flexibility index (Phi) is 5.65. The van der Waals surface area contributed by atoms with Gasteiger partial charge in [-0.25, -0.2) is 0 Å². The molecular formula is C23H27OPSi. The molecule has 0 aliphatic heterocycles. The van der Waals surface area contributed by atoms with Gasteiger partial charge >= 0.3 is 0 Å². The predicted octanol–water partition coefficient (Wildman–Crippen LogP) is 5.01. The lowest BCUT2D eigenvalue weighted by Crippen LogP contribution is -2.46. The van der Waals surface area contributed by atoms with Crippen molar-refractivity contribution in [1.82, 2.24) is 0 Å². The molecule has 1 atom stereocenters. The number of benzene rings is 3. The Morgan fingerprint density at radius 1 is 0.731 bits per heavy atom. The van der Waals surface area contributed by atoms with E-state index in [-0.39, 0.29) is 0 Å². The minimum absolute atomic E-state index is 0.399. The summed E-state index contributed by atoms with van der Waals surface area (Å²) in [5.41, 5.74) is 0.399. The first-order valence-electron chi connectivity index (χ1n) is 9.20. The zero-order valence-electron chi connectivity index (χ0n) is 15.8. The van der Waals surface area contributed by atoms with Crippen LogP contribution in [0.15, 0.2) is 91.0 Å². The highest BCUT2D eigenvalue weighted by Crippen LogP contribution is 2.48. The summed E-state index contributed by atoms with van der Waals surface area (Å²) < 4.78 is 14.3. The molecule has 0 fully saturated rings. The maximum Gasteiger partial charge on any atom is 0.143 e. The largest absolute Gasteiger partial charge is 0.314 e. The van der Waals surface area contributed by atoms with Gasteiger partial charge in [-0.2, -0.15) is 0 Å². The summed E-state index contributed by atoms with van der Waals surface area (Å²) in [5, 5.41) is 3.37. The zero-order valence-corrected chi connectivity index (χ0v) is 17.7. The van der Waals surface area contributed by atoms with Crippen molar-refractivity contribution >= 4 is 31.0 Å². The summed E-state index contributed by atoms with van der Waals surface area (Å²) in [6.45, 7) is 7.08. The van der Waals surface area contributed by atoms with Gasteiger partial charge in [0.2, 0.25) is 0 Å². The van der Waals surface area contributed by atoms with Crippen LogP contribution < -0.4 is 15.8 Å². The Balaban J connectivity index is 2.01. The molecule has 0 saturated heterocycles. The number of rotatable bonds is 6. The second-order valence-electron chi connectivity index (χ2n) is 7.58. The maximum atomic E-state index is 14.3. The van der Waals surface area contributed by atoms with Gasteiger partial charge in [0.25, 0.3) is 0 Å². The van der Waals surface area contributed by atoms with Gasteiger partial charge in [-0.05, 0) is 5.54 Å². The molecule has 0 saturated carbocycles. The molecule has 1 unspecified atom stereocenters. The van der Waals surface area contributed by atoms with Crippen LogP contribution in [-0.2, 0) is 4.57 Å². The molecule has 3 rings (SSSR count). The van der Waals surface area contributed by atoms with Gasteiger partial charge in [0, 0.05) is 16.8 Å². The SMILES string of the molecule is CC(CP(=O)(c1ccccc1)c1ccccc1)[Si](C)(C)c1ccccc1. The molecule has 0 bridgehead atoms.